The Balaban J connectivity index is 2.20. The van der Waals surface area contributed by atoms with Gasteiger partial charge in [0.05, 0.1) is 5.56 Å². The summed E-state index contributed by atoms with van der Waals surface area (Å²) in [5.74, 6) is 0.673. The average Bonchev–Trinajstić information content (AvgIpc) is 2.67. The standard InChI is InChI=1S/C11H14F3N3/c12-11(13,14)9-6-8-2-5-17(4-1-3-15)10(8)16-7-9/h6-7H,1-5,15H2. The van der Waals surface area contributed by atoms with E-state index < -0.39 is 11.7 Å². The van der Waals surface area contributed by atoms with Gasteiger partial charge in [0.2, 0.25) is 0 Å². The number of aromatic nitrogens is 1. The molecule has 0 unspecified atom stereocenters. The second kappa shape index (κ2) is 4.52. The minimum atomic E-state index is -4.31. The van der Waals surface area contributed by atoms with Crippen LogP contribution in [0.5, 0.6) is 0 Å². The van der Waals surface area contributed by atoms with Crippen LogP contribution >= 0.6 is 0 Å². The van der Waals surface area contributed by atoms with Crippen molar-refractivity contribution in [2.75, 3.05) is 24.5 Å². The number of nitrogens with zero attached hydrogens (tertiary/aromatic N) is 2. The van der Waals surface area contributed by atoms with Gasteiger partial charge in [0, 0.05) is 19.3 Å². The molecule has 1 aliphatic heterocycles. The fraction of sp³-hybridized carbons (Fsp3) is 0.545. The smallest absolute Gasteiger partial charge is 0.356 e. The third kappa shape index (κ3) is 2.52. The van der Waals surface area contributed by atoms with Crippen molar-refractivity contribution in [3.05, 3.63) is 23.4 Å². The van der Waals surface area contributed by atoms with E-state index in [0.717, 1.165) is 25.7 Å². The highest BCUT2D eigenvalue weighted by Gasteiger charge is 2.33. The molecule has 0 saturated carbocycles. The highest BCUT2D eigenvalue weighted by molar-refractivity contribution is 5.53. The van der Waals surface area contributed by atoms with Crippen LogP contribution in [0.4, 0.5) is 19.0 Å². The molecule has 1 aromatic heterocycles. The normalized spacial score (nSPS) is 15.2. The van der Waals surface area contributed by atoms with Gasteiger partial charge in [-0.3, -0.25) is 0 Å². The first-order chi connectivity index (χ1) is 8.02. The van der Waals surface area contributed by atoms with E-state index in [1.807, 2.05) is 4.90 Å². The molecule has 0 atom stereocenters. The molecule has 0 spiro atoms. The lowest BCUT2D eigenvalue weighted by atomic mass is 10.1. The minimum Gasteiger partial charge on any atom is -0.356 e. The first-order valence-corrected chi connectivity index (χ1v) is 5.53. The van der Waals surface area contributed by atoms with Crippen LogP contribution in [0.2, 0.25) is 0 Å². The van der Waals surface area contributed by atoms with Gasteiger partial charge in [0.1, 0.15) is 5.82 Å². The molecular weight excluding hydrogens is 231 g/mol. The Bertz CT molecular complexity index is 403. The molecule has 2 N–H and O–H groups in total. The highest BCUT2D eigenvalue weighted by Crippen LogP contribution is 2.33. The molecule has 94 valence electrons. The van der Waals surface area contributed by atoms with Crippen LogP contribution in [0.15, 0.2) is 12.3 Å². The van der Waals surface area contributed by atoms with E-state index in [1.165, 1.54) is 6.07 Å². The molecule has 1 aromatic rings. The fourth-order valence-corrected chi connectivity index (χ4v) is 1.99. The quantitative estimate of drug-likeness (QED) is 0.883. The topological polar surface area (TPSA) is 42.1 Å². The molecule has 0 aromatic carbocycles. The van der Waals surface area contributed by atoms with E-state index >= 15 is 0 Å². The number of anilines is 1. The van der Waals surface area contributed by atoms with Crippen molar-refractivity contribution < 1.29 is 13.2 Å². The summed E-state index contributed by atoms with van der Waals surface area (Å²) in [7, 11) is 0. The van der Waals surface area contributed by atoms with Crippen molar-refractivity contribution in [1.82, 2.24) is 4.98 Å². The lowest BCUT2D eigenvalue weighted by Crippen LogP contribution is -2.24. The number of nitrogens with two attached hydrogens (primary N) is 1. The summed E-state index contributed by atoms with van der Waals surface area (Å²) < 4.78 is 37.5. The monoisotopic (exact) mass is 245 g/mol. The van der Waals surface area contributed by atoms with Crippen molar-refractivity contribution >= 4 is 5.82 Å². The average molecular weight is 245 g/mol. The van der Waals surface area contributed by atoms with Crippen molar-refractivity contribution in [1.29, 1.82) is 0 Å². The number of hydrogen-bond acceptors (Lipinski definition) is 3. The fourth-order valence-electron chi connectivity index (χ4n) is 1.99. The van der Waals surface area contributed by atoms with E-state index in [1.54, 1.807) is 0 Å². The molecule has 0 saturated heterocycles. The maximum Gasteiger partial charge on any atom is 0.417 e. The zero-order chi connectivity index (χ0) is 12.5. The van der Waals surface area contributed by atoms with E-state index in [4.69, 9.17) is 5.73 Å². The Morgan fingerprint density at radius 2 is 2.18 bits per heavy atom. The largest absolute Gasteiger partial charge is 0.417 e. The SMILES string of the molecule is NCCCN1CCc2cc(C(F)(F)F)cnc21. The van der Waals surface area contributed by atoms with Gasteiger partial charge in [-0.2, -0.15) is 13.2 Å². The van der Waals surface area contributed by atoms with Crippen molar-refractivity contribution in [3.8, 4) is 0 Å². The highest BCUT2D eigenvalue weighted by atomic mass is 19.4. The first kappa shape index (κ1) is 12.2. The predicted molar refractivity (Wildman–Crippen MR) is 58.8 cm³/mol. The van der Waals surface area contributed by atoms with Gasteiger partial charge < -0.3 is 10.6 Å². The minimum absolute atomic E-state index is 0.576. The second-order valence-electron chi connectivity index (χ2n) is 4.08. The molecule has 1 aliphatic rings. The van der Waals surface area contributed by atoms with Crippen molar-refractivity contribution in [3.63, 3.8) is 0 Å². The zero-order valence-electron chi connectivity index (χ0n) is 9.30. The van der Waals surface area contributed by atoms with Crippen LogP contribution < -0.4 is 10.6 Å². The number of alkyl halides is 3. The van der Waals surface area contributed by atoms with Gasteiger partial charge in [0.25, 0.3) is 0 Å². The molecule has 0 aliphatic carbocycles. The summed E-state index contributed by atoms with van der Waals surface area (Å²) in [4.78, 5) is 5.91. The number of hydrogen-bond donors (Lipinski definition) is 1. The molecule has 3 nitrogen and oxygen atoms in total. The third-order valence-corrected chi connectivity index (χ3v) is 2.85. The van der Waals surface area contributed by atoms with Crippen LogP contribution in [0, 0.1) is 0 Å². The Labute approximate surface area is 97.4 Å². The summed E-state index contributed by atoms with van der Waals surface area (Å²) in [6.07, 6.45) is -1.97. The maximum atomic E-state index is 12.5. The number of fused-ring (bicyclic) bond motifs is 1. The predicted octanol–water partition coefficient (Wildman–Crippen LogP) is 1.81. The molecular formula is C11H14F3N3. The third-order valence-electron chi connectivity index (χ3n) is 2.85. The van der Waals surface area contributed by atoms with Gasteiger partial charge in [-0.05, 0) is 31.0 Å². The molecule has 0 fully saturated rings. The van der Waals surface area contributed by atoms with Crippen LogP contribution in [-0.4, -0.2) is 24.6 Å². The Kier molecular flexibility index (Phi) is 3.24. The van der Waals surface area contributed by atoms with Crippen molar-refractivity contribution in [2.24, 2.45) is 5.73 Å². The van der Waals surface area contributed by atoms with Crippen LogP contribution in [0.25, 0.3) is 0 Å². The summed E-state index contributed by atoms with van der Waals surface area (Å²) >= 11 is 0. The van der Waals surface area contributed by atoms with Crippen LogP contribution in [-0.2, 0) is 12.6 Å². The lowest BCUT2D eigenvalue weighted by molar-refractivity contribution is -0.137. The van der Waals surface area contributed by atoms with Crippen molar-refractivity contribution in [2.45, 2.75) is 19.0 Å². The first-order valence-electron chi connectivity index (χ1n) is 5.53. The molecule has 0 bridgehead atoms. The Morgan fingerprint density at radius 1 is 1.41 bits per heavy atom. The molecule has 2 rings (SSSR count). The second-order valence-corrected chi connectivity index (χ2v) is 4.08. The molecule has 0 amide bonds. The number of rotatable bonds is 3. The van der Waals surface area contributed by atoms with Gasteiger partial charge >= 0.3 is 6.18 Å². The number of pyridine rings is 1. The lowest BCUT2D eigenvalue weighted by Gasteiger charge is -2.17. The van der Waals surface area contributed by atoms with E-state index in [-0.39, 0.29) is 0 Å². The summed E-state index contributed by atoms with van der Waals surface area (Å²) in [6, 6.07) is 1.20. The summed E-state index contributed by atoms with van der Waals surface area (Å²) in [5.41, 5.74) is 5.42. The van der Waals surface area contributed by atoms with Crippen LogP contribution in [0.3, 0.4) is 0 Å². The zero-order valence-corrected chi connectivity index (χ0v) is 9.30. The van der Waals surface area contributed by atoms with Gasteiger partial charge in [-0.15, -0.1) is 0 Å². The summed E-state index contributed by atoms with van der Waals surface area (Å²) in [6.45, 7) is 2.05. The van der Waals surface area contributed by atoms with E-state index in [0.29, 0.717) is 24.3 Å². The molecule has 0 radical (unpaired) electrons. The van der Waals surface area contributed by atoms with Gasteiger partial charge in [-0.1, -0.05) is 0 Å². The number of halogens is 3. The van der Waals surface area contributed by atoms with E-state index in [2.05, 4.69) is 4.98 Å². The van der Waals surface area contributed by atoms with Gasteiger partial charge in [-0.25, -0.2) is 4.98 Å². The Hall–Kier alpha value is -1.30. The summed E-state index contributed by atoms with van der Waals surface area (Å²) in [5, 5.41) is 0. The van der Waals surface area contributed by atoms with Gasteiger partial charge in [0.15, 0.2) is 0 Å². The molecule has 17 heavy (non-hydrogen) atoms. The molecule has 6 heteroatoms. The van der Waals surface area contributed by atoms with E-state index in [9.17, 15) is 13.2 Å². The maximum absolute atomic E-state index is 12.5. The molecule has 2 heterocycles. The van der Waals surface area contributed by atoms with Crippen LogP contribution in [0.1, 0.15) is 17.5 Å². The Morgan fingerprint density at radius 3 is 2.82 bits per heavy atom.